The van der Waals surface area contributed by atoms with Gasteiger partial charge in [0.25, 0.3) is 0 Å². The fourth-order valence-electron chi connectivity index (χ4n) is 2.53. The lowest BCUT2D eigenvalue weighted by Crippen LogP contribution is -2.48. The van der Waals surface area contributed by atoms with Crippen LogP contribution in [0.3, 0.4) is 0 Å². The standard InChI is InChI=1S/C15H33N3O/c1-5-7-17(4)8-6-9-18-10-11-19-15(13-18)12-16-14(2)3/h14-16H,5-13H2,1-4H3/t15-/m1/s1. The number of morpholine rings is 1. The largest absolute Gasteiger partial charge is 0.374 e. The van der Waals surface area contributed by atoms with E-state index in [2.05, 4.69) is 42.9 Å². The molecule has 114 valence electrons. The molecule has 0 radical (unpaired) electrons. The van der Waals surface area contributed by atoms with Gasteiger partial charge in [-0.3, -0.25) is 4.90 Å². The van der Waals surface area contributed by atoms with Crippen molar-refractivity contribution in [1.29, 1.82) is 0 Å². The molecule has 0 saturated carbocycles. The van der Waals surface area contributed by atoms with E-state index in [-0.39, 0.29) is 0 Å². The predicted molar refractivity (Wildman–Crippen MR) is 81.7 cm³/mol. The minimum absolute atomic E-state index is 0.365. The van der Waals surface area contributed by atoms with E-state index in [1.165, 1.54) is 32.5 Å². The van der Waals surface area contributed by atoms with E-state index in [1.54, 1.807) is 0 Å². The molecule has 1 saturated heterocycles. The van der Waals surface area contributed by atoms with Gasteiger partial charge >= 0.3 is 0 Å². The van der Waals surface area contributed by atoms with Crippen molar-refractivity contribution in [3.8, 4) is 0 Å². The normalized spacial score (nSPS) is 21.5. The molecule has 1 heterocycles. The van der Waals surface area contributed by atoms with Crippen LogP contribution < -0.4 is 5.32 Å². The molecular weight excluding hydrogens is 238 g/mol. The molecule has 0 amide bonds. The first kappa shape index (κ1) is 16.9. The highest BCUT2D eigenvalue weighted by atomic mass is 16.5. The Labute approximate surface area is 119 Å². The van der Waals surface area contributed by atoms with Gasteiger partial charge in [0.15, 0.2) is 0 Å². The first-order valence-corrected chi connectivity index (χ1v) is 7.87. The van der Waals surface area contributed by atoms with Crippen LogP contribution in [0.4, 0.5) is 0 Å². The quantitative estimate of drug-likeness (QED) is 0.686. The van der Waals surface area contributed by atoms with Crippen LogP contribution in [-0.4, -0.2) is 74.9 Å². The van der Waals surface area contributed by atoms with E-state index >= 15 is 0 Å². The van der Waals surface area contributed by atoms with E-state index in [0.717, 1.165) is 26.2 Å². The molecule has 4 heteroatoms. The third-order valence-electron chi connectivity index (χ3n) is 3.60. The van der Waals surface area contributed by atoms with Crippen molar-refractivity contribution >= 4 is 0 Å². The van der Waals surface area contributed by atoms with Gasteiger partial charge in [-0.2, -0.15) is 0 Å². The Morgan fingerprint density at radius 3 is 2.84 bits per heavy atom. The van der Waals surface area contributed by atoms with Crippen molar-refractivity contribution in [2.45, 2.75) is 45.8 Å². The molecule has 0 aliphatic carbocycles. The summed E-state index contributed by atoms with van der Waals surface area (Å²) in [5.74, 6) is 0. The third kappa shape index (κ3) is 7.88. The maximum Gasteiger partial charge on any atom is 0.0826 e. The second-order valence-electron chi connectivity index (χ2n) is 6.01. The van der Waals surface area contributed by atoms with Crippen LogP contribution in [0.15, 0.2) is 0 Å². The first-order chi connectivity index (χ1) is 9.11. The van der Waals surface area contributed by atoms with Crippen molar-refractivity contribution in [3.05, 3.63) is 0 Å². The average molecular weight is 271 g/mol. The van der Waals surface area contributed by atoms with Crippen LogP contribution >= 0.6 is 0 Å². The van der Waals surface area contributed by atoms with Gasteiger partial charge in [-0.15, -0.1) is 0 Å². The van der Waals surface area contributed by atoms with Crippen molar-refractivity contribution in [1.82, 2.24) is 15.1 Å². The van der Waals surface area contributed by atoms with E-state index in [9.17, 15) is 0 Å². The van der Waals surface area contributed by atoms with Gasteiger partial charge in [-0.05, 0) is 39.5 Å². The van der Waals surface area contributed by atoms with Gasteiger partial charge in [-0.25, -0.2) is 0 Å². The number of hydrogen-bond acceptors (Lipinski definition) is 4. The van der Waals surface area contributed by atoms with Crippen LogP contribution in [0.5, 0.6) is 0 Å². The number of hydrogen-bond donors (Lipinski definition) is 1. The van der Waals surface area contributed by atoms with Crippen LogP contribution in [0.25, 0.3) is 0 Å². The maximum atomic E-state index is 5.81. The molecule has 0 bridgehead atoms. The Hall–Kier alpha value is -0.160. The van der Waals surface area contributed by atoms with Crippen molar-refractivity contribution < 1.29 is 4.74 Å². The van der Waals surface area contributed by atoms with Gasteiger partial charge in [0.2, 0.25) is 0 Å². The minimum Gasteiger partial charge on any atom is -0.374 e. The lowest BCUT2D eigenvalue weighted by atomic mass is 10.2. The molecule has 1 fully saturated rings. The van der Waals surface area contributed by atoms with Gasteiger partial charge in [-0.1, -0.05) is 20.8 Å². The molecule has 0 aromatic heterocycles. The van der Waals surface area contributed by atoms with E-state index < -0.39 is 0 Å². The highest BCUT2D eigenvalue weighted by Crippen LogP contribution is 2.05. The zero-order valence-corrected chi connectivity index (χ0v) is 13.3. The number of rotatable bonds is 9. The molecule has 0 aromatic rings. The summed E-state index contributed by atoms with van der Waals surface area (Å²) in [5, 5.41) is 3.47. The summed E-state index contributed by atoms with van der Waals surface area (Å²) in [4.78, 5) is 4.98. The summed E-state index contributed by atoms with van der Waals surface area (Å²) in [6.45, 7) is 14.3. The second-order valence-corrected chi connectivity index (χ2v) is 6.01. The van der Waals surface area contributed by atoms with Crippen molar-refractivity contribution in [2.24, 2.45) is 0 Å². The molecule has 1 N–H and O–H groups in total. The van der Waals surface area contributed by atoms with E-state index in [4.69, 9.17) is 4.74 Å². The molecule has 4 nitrogen and oxygen atoms in total. The summed E-state index contributed by atoms with van der Waals surface area (Å²) < 4.78 is 5.81. The lowest BCUT2D eigenvalue weighted by molar-refractivity contribution is -0.0284. The molecule has 1 aliphatic rings. The van der Waals surface area contributed by atoms with Crippen molar-refractivity contribution in [2.75, 3.05) is 52.9 Å². The Morgan fingerprint density at radius 1 is 1.37 bits per heavy atom. The number of ether oxygens (including phenoxy) is 1. The second kappa shape index (κ2) is 9.70. The first-order valence-electron chi connectivity index (χ1n) is 7.87. The fraction of sp³-hybridized carbons (Fsp3) is 1.00. The predicted octanol–water partition coefficient (Wildman–Crippen LogP) is 1.42. The summed E-state index contributed by atoms with van der Waals surface area (Å²) in [6, 6.07) is 0.543. The van der Waals surface area contributed by atoms with Gasteiger partial charge in [0, 0.05) is 25.7 Å². The Balaban J connectivity index is 2.12. The number of nitrogens with one attached hydrogen (secondary N) is 1. The van der Waals surface area contributed by atoms with Crippen LogP contribution in [0, 0.1) is 0 Å². The summed E-state index contributed by atoms with van der Waals surface area (Å²) in [5.41, 5.74) is 0. The summed E-state index contributed by atoms with van der Waals surface area (Å²) in [6.07, 6.45) is 2.88. The van der Waals surface area contributed by atoms with E-state index in [1.807, 2.05) is 0 Å². The molecule has 0 spiro atoms. The summed E-state index contributed by atoms with van der Waals surface area (Å²) >= 11 is 0. The van der Waals surface area contributed by atoms with E-state index in [0.29, 0.717) is 12.1 Å². The van der Waals surface area contributed by atoms with Crippen LogP contribution in [-0.2, 0) is 4.74 Å². The molecule has 0 aromatic carbocycles. The Kier molecular flexibility index (Phi) is 8.62. The minimum atomic E-state index is 0.365. The fourth-order valence-corrected chi connectivity index (χ4v) is 2.53. The molecular formula is C15H33N3O. The van der Waals surface area contributed by atoms with Crippen molar-refractivity contribution in [3.63, 3.8) is 0 Å². The highest BCUT2D eigenvalue weighted by molar-refractivity contribution is 4.74. The highest BCUT2D eigenvalue weighted by Gasteiger charge is 2.19. The molecule has 1 rings (SSSR count). The number of nitrogens with zero attached hydrogens (tertiary/aromatic N) is 2. The Bertz CT molecular complexity index is 223. The topological polar surface area (TPSA) is 27.7 Å². The van der Waals surface area contributed by atoms with Gasteiger partial charge in [0.1, 0.15) is 0 Å². The third-order valence-corrected chi connectivity index (χ3v) is 3.60. The van der Waals surface area contributed by atoms with Crippen LogP contribution in [0.1, 0.15) is 33.6 Å². The van der Waals surface area contributed by atoms with Gasteiger partial charge < -0.3 is 15.0 Å². The molecule has 1 atom stereocenters. The molecule has 1 aliphatic heterocycles. The van der Waals surface area contributed by atoms with Gasteiger partial charge in [0.05, 0.1) is 12.7 Å². The monoisotopic (exact) mass is 271 g/mol. The molecule has 0 unspecified atom stereocenters. The Morgan fingerprint density at radius 2 is 2.16 bits per heavy atom. The average Bonchev–Trinajstić information content (AvgIpc) is 2.37. The van der Waals surface area contributed by atoms with Crippen LogP contribution in [0.2, 0.25) is 0 Å². The lowest BCUT2D eigenvalue weighted by Gasteiger charge is -2.33. The zero-order valence-electron chi connectivity index (χ0n) is 13.3. The zero-order chi connectivity index (χ0) is 14.1. The maximum absolute atomic E-state index is 5.81. The SMILES string of the molecule is CCCN(C)CCCN1CCO[C@H](CNC(C)C)C1. The summed E-state index contributed by atoms with van der Waals surface area (Å²) in [7, 11) is 2.22. The molecule has 19 heavy (non-hydrogen) atoms. The smallest absolute Gasteiger partial charge is 0.0826 e.